The highest BCUT2D eigenvalue weighted by atomic mass is 32.2. The van der Waals surface area contributed by atoms with Crippen LogP contribution >= 0.6 is 11.8 Å². The second-order valence-electron chi connectivity index (χ2n) is 12.3. The number of hydrogen-bond donors (Lipinski definition) is 0. The number of nitrogens with zero attached hydrogens (tertiary/aromatic N) is 2. The molecule has 37 heavy (non-hydrogen) atoms. The maximum Gasteiger partial charge on any atom is 0.232 e. The van der Waals surface area contributed by atoms with Crippen molar-refractivity contribution in [1.29, 1.82) is 0 Å². The first-order valence-corrected chi connectivity index (χ1v) is 14.6. The molecule has 0 aliphatic rings. The van der Waals surface area contributed by atoms with E-state index >= 15 is 0 Å². The van der Waals surface area contributed by atoms with Crippen LogP contribution in [-0.4, -0.2) is 125 Å². The topological polar surface area (TPSA) is 69.7 Å². The average Bonchev–Trinajstić information content (AvgIpc) is 2.75. The number of thioether (sulfide) groups is 1. The molecule has 0 aromatic heterocycles. The Morgan fingerprint density at radius 1 is 0.676 bits per heavy atom. The van der Waals surface area contributed by atoms with E-state index in [1.54, 1.807) is 16.7 Å². The summed E-state index contributed by atoms with van der Waals surface area (Å²) in [6, 6.07) is 0. The molecule has 0 atom stereocenters. The van der Waals surface area contributed by atoms with Gasteiger partial charge in [0, 0.05) is 38.0 Å². The number of carbonyl (C=O) groups is 1. The fourth-order valence-corrected chi connectivity index (χ4v) is 4.16. The molecule has 0 aromatic rings. The molecule has 0 aliphatic carbocycles. The van der Waals surface area contributed by atoms with Gasteiger partial charge in [-0.2, -0.15) is 0 Å². The summed E-state index contributed by atoms with van der Waals surface area (Å²) >= 11 is 1.69. The van der Waals surface area contributed by atoms with Crippen molar-refractivity contribution in [1.82, 2.24) is 9.80 Å². The molecule has 0 N–H and O–H groups in total. The molecule has 9 heteroatoms. The van der Waals surface area contributed by atoms with Crippen LogP contribution in [0.5, 0.6) is 0 Å². The van der Waals surface area contributed by atoms with Crippen molar-refractivity contribution < 1.29 is 28.5 Å². The lowest BCUT2D eigenvalue weighted by Crippen LogP contribution is -2.38. The molecule has 0 heterocycles. The molecule has 8 nitrogen and oxygen atoms in total. The molecule has 0 unspecified atom stereocenters. The zero-order chi connectivity index (χ0) is 28.4. The Morgan fingerprint density at radius 2 is 1.16 bits per heavy atom. The van der Waals surface area contributed by atoms with Crippen LogP contribution in [0.3, 0.4) is 0 Å². The van der Waals surface area contributed by atoms with Gasteiger partial charge in [-0.15, -0.1) is 11.8 Å². The third-order valence-electron chi connectivity index (χ3n) is 5.35. The Morgan fingerprint density at radius 3 is 1.65 bits per heavy atom. The van der Waals surface area contributed by atoms with Crippen molar-refractivity contribution >= 4 is 17.7 Å². The zero-order valence-corrected chi connectivity index (χ0v) is 26.5. The van der Waals surface area contributed by atoms with E-state index in [-0.39, 0.29) is 16.3 Å². The fraction of sp³-hybridized carbons (Fsp3) is 0.964. The summed E-state index contributed by atoms with van der Waals surface area (Å²) in [7, 11) is 3.93. The van der Waals surface area contributed by atoms with Crippen molar-refractivity contribution in [3.63, 3.8) is 0 Å². The van der Waals surface area contributed by atoms with E-state index in [1.165, 1.54) is 0 Å². The van der Waals surface area contributed by atoms with Crippen LogP contribution < -0.4 is 0 Å². The summed E-state index contributed by atoms with van der Waals surface area (Å²) in [5.74, 6) is 0.580. The third-order valence-corrected chi connectivity index (χ3v) is 6.66. The number of ether oxygens (including phenoxy) is 5. The van der Waals surface area contributed by atoms with E-state index in [1.807, 2.05) is 7.05 Å². The predicted octanol–water partition coefficient (Wildman–Crippen LogP) is 4.21. The fourth-order valence-electron chi connectivity index (χ4n) is 3.12. The number of carbonyl (C=O) groups excluding carboxylic acids is 1. The monoisotopic (exact) mass is 550 g/mol. The molecule has 0 saturated carbocycles. The minimum Gasteiger partial charge on any atom is -0.379 e. The molecule has 0 fully saturated rings. The van der Waals surface area contributed by atoms with Crippen LogP contribution in [0.15, 0.2) is 0 Å². The number of amides is 1. The molecule has 222 valence electrons. The summed E-state index contributed by atoms with van der Waals surface area (Å²) in [5, 5.41) is 0. The van der Waals surface area contributed by atoms with Crippen LogP contribution in [0.2, 0.25) is 0 Å². The highest BCUT2D eigenvalue weighted by Crippen LogP contribution is 2.25. The van der Waals surface area contributed by atoms with Gasteiger partial charge < -0.3 is 33.5 Å². The van der Waals surface area contributed by atoms with Crippen molar-refractivity contribution in [2.75, 3.05) is 98.9 Å². The van der Waals surface area contributed by atoms with Gasteiger partial charge in [0.25, 0.3) is 0 Å². The summed E-state index contributed by atoms with van der Waals surface area (Å²) < 4.78 is 28.0. The van der Waals surface area contributed by atoms with Crippen molar-refractivity contribution in [2.45, 2.75) is 72.2 Å². The maximum absolute atomic E-state index is 12.5. The van der Waals surface area contributed by atoms with Crippen LogP contribution in [0.4, 0.5) is 0 Å². The first kappa shape index (κ1) is 36.6. The highest BCUT2D eigenvalue weighted by Gasteiger charge is 2.23. The van der Waals surface area contributed by atoms with Crippen LogP contribution in [0, 0.1) is 5.41 Å². The van der Waals surface area contributed by atoms with Gasteiger partial charge in [-0.1, -0.05) is 20.8 Å². The summed E-state index contributed by atoms with van der Waals surface area (Å²) in [6.07, 6.45) is 1.05. The Hall–Kier alpha value is -0.420. The van der Waals surface area contributed by atoms with Gasteiger partial charge in [-0.25, -0.2) is 0 Å². The van der Waals surface area contributed by atoms with Gasteiger partial charge in [0.05, 0.1) is 64.2 Å². The molecule has 0 aliphatic heterocycles. The molecular weight excluding hydrogens is 492 g/mol. The van der Waals surface area contributed by atoms with Gasteiger partial charge in [0.15, 0.2) is 0 Å². The number of rotatable bonds is 22. The molecule has 0 aromatic carbocycles. The van der Waals surface area contributed by atoms with Gasteiger partial charge in [-0.3, -0.25) is 4.79 Å². The Labute approximate surface area is 232 Å². The second kappa shape index (κ2) is 19.6. The van der Waals surface area contributed by atoms with E-state index in [9.17, 15) is 4.79 Å². The van der Waals surface area contributed by atoms with Crippen LogP contribution in [0.1, 0.15) is 61.8 Å². The second-order valence-corrected chi connectivity index (χ2v) is 14.0. The smallest absolute Gasteiger partial charge is 0.232 e. The van der Waals surface area contributed by atoms with Gasteiger partial charge in [-0.05, 0) is 53.5 Å². The molecule has 1 amide bonds. The minimum absolute atomic E-state index is 0.0240. The van der Waals surface area contributed by atoms with Gasteiger partial charge >= 0.3 is 0 Å². The standard InChI is InChI=1S/C28H58N2O6S/c1-26(2,3)11-14-32-17-19-34-21-22-35-20-18-33-15-13-30(10)25(31)23-37-28(7,8)24-29(9)12-16-36-27(4,5)6/h11-24H2,1-10H3. The summed E-state index contributed by atoms with van der Waals surface area (Å²) in [6.45, 7) is 24.8. The predicted molar refractivity (Wildman–Crippen MR) is 155 cm³/mol. The molecule has 0 radical (unpaired) electrons. The molecule has 0 spiro atoms. The molecule has 0 rings (SSSR count). The van der Waals surface area contributed by atoms with Crippen molar-refractivity contribution in [3.8, 4) is 0 Å². The lowest BCUT2D eigenvalue weighted by atomic mass is 9.93. The molecular formula is C28H58N2O6S. The average molecular weight is 551 g/mol. The van der Waals surface area contributed by atoms with E-state index in [0.717, 1.165) is 26.1 Å². The molecule has 0 bridgehead atoms. The number of hydrogen-bond acceptors (Lipinski definition) is 8. The van der Waals surface area contributed by atoms with E-state index in [0.29, 0.717) is 70.6 Å². The Bertz CT molecular complexity index is 578. The zero-order valence-electron chi connectivity index (χ0n) is 25.7. The van der Waals surface area contributed by atoms with Gasteiger partial charge in [0.2, 0.25) is 5.91 Å². The largest absolute Gasteiger partial charge is 0.379 e. The quantitative estimate of drug-likeness (QED) is 0.186. The highest BCUT2D eigenvalue weighted by molar-refractivity contribution is 8.01. The number of likely N-dealkylation sites (N-methyl/N-ethyl adjacent to an activating group) is 2. The van der Waals surface area contributed by atoms with Crippen molar-refractivity contribution in [3.05, 3.63) is 0 Å². The normalized spacial score (nSPS) is 12.9. The third kappa shape index (κ3) is 25.6. The lowest BCUT2D eigenvalue weighted by molar-refractivity contribution is -0.127. The van der Waals surface area contributed by atoms with Crippen LogP contribution in [0.25, 0.3) is 0 Å². The lowest BCUT2D eigenvalue weighted by Gasteiger charge is -2.31. The maximum atomic E-state index is 12.5. The van der Waals surface area contributed by atoms with Gasteiger partial charge in [0.1, 0.15) is 0 Å². The SMILES string of the molecule is CN(CCOC(C)(C)C)CC(C)(C)SCC(=O)N(C)CCOCCOCCOCCOCCC(C)(C)C. The first-order valence-electron chi connectivity index (χ1n) is 13.6. The minimum atomic E-state index is -0.116. The van der Waals surface area contributed by atoms with Crippen molar-refractivity contribution in [2.24, 2.45) is 5.41 Å². The Balaban J connectivity index is 3.70. The summed E-state index contributed by atoms with van der Waals surface area (Å²) in [4.78, 5) is 16.5. The summed E-state index contributed by atoms with van der Waals surface area (Å²) in [5.41, 5.74) is 0.187. The molecule has 0 saturated heterocycles. The van der Waals surface area contributed by atoms with E-state index in [4.69, 9.17) is 23.7 Å². The van der Waals surface area contributed by atoms with E-state index < -0.39 is 0 Å². The van der Waals surface area contributed by atoms with Crippen LogP contribution in [-0.2, 0) is 28.5 Å². The van der Waals surface area contributed by atoms with E-state index in [2.05, 4.69) is 67.3 Å². The Kier molecular flexibility index (Phi) is 19.4. The first-order chi connectivity index (χ1) is 17.1.